The number of aryl methyl sites for hydroxylation is 1. The van der Waals surface area contributed by atoms with E-state index in [0.29, 0.717) is 41.3 Å². The maximum atomic E-state index is 12.1. The predicted octanol–water partition coefficient (Wildman–Crippen LogP) is 4.37. The van der Waals surface area contributed by atoms with Gasteiger partial charge in [-0.3, -0.25) is 9.48 Å². The molecule has 1 fully saturated rings. The molecule has 0 spiro atoms. The van der Waals surface area contributed by atoms with Gasteiger partial charge in [0.05, 0.1) is 11.7 Å². The first-order valence-electron chi connectivity index (χ1n) is 12.8. The standard InChI is InChI=1S/C27H34N8O3/c1-16(15-36)14-35-21(27(2,3)4)12-23(33-35)31-26-32-24-20(34(26)5)10-19(13-29-24)38-18-8-9-28-22(11-18)30-25(37)17-6-7-17/h8-13,16-17,36H,6-7,14-15H2,1-5H3,(H,28,30,37)(H,29,31,32,33). The number of aliphatic hydroxyl groups excluding tert-OH is 1. The van der Waals surface area contributed by atoms with Crippen LogP contribution < -0.4 is 15.4 Å². The van der Waals surface area contributed by atoms with E-state index in [1.165, 1.54) is 0 Å². The van der Waals surface area contributed by atoms with Crippen molar-refractivity contribution in [2.75, 3.05) is 17.2 Å². The van der Waals surface area contributed by atoms with Crippen molar-refractivity contribution < 1.29 is 14.6 Å². The molecule has 4 aromatic heterocycles. The Morgan fingerprint density at radius 2 is 1.97 bits per heavy atom. The fraction of sp³-hybridized carbons (Fsp3) is 0.444. The summed E-state index contributed by atoms with van der Waals surface area (Å²) < 4.78 is 9.87. The van der Waals surface area contributed by atoms with E-state index in [0.717, 1.165) is 24.1 Å². The highest BCUT2D eigenvalue weighted by atomic mass is 16.5. The molecule has 0 bridgehead atoms. The van der Waals surface area contributed by atoms with E-state index in [1.807, 2.05) is 35.4 Å². The van der Waals surface area contributed by atoms with Crippen molar-refractivity contribution in [2.24, 2.45) is 18.9 Å². The van der Waals surface area contributed by atoms with Gasteiger partial charge in [-0.15, -0.1) is 0 Å². The molecule has 1 atom stereocenters. The van der Waals surface area contributed by atoms with Crippen LogP contribution in [-0.4, -0.2) is 46.9 Å². The number of anilines is 3. The Bertz CT molecular complexity index is 1470. The highest BCUT2D eigenvalue weighted by Crippen LogP contribution is 2.32. The van der Waals surface area contributed by atoms with E-state index in [-0.39, 0.29) is 29.8 Å². The van der Waals surface area contributed by atoms with Gasteiger partial charge in [0, 0.05) is 61.6 Å². The average Bonchev–Trinajstić information content (AvgIpc) is 3.58. The highest BCUT2D eigenvalue weighted by Gasteiger charge is 2.30. The summed E-state index contributed by atoms with van der Waals surface area (Å²) in [5, 5.41) is 20.4. The molecule has 3 N–H and O–H groups in total. The summed E-state index contributed by atoms with van der Waals surface area (Å²) in [6, 6.07) is 7.31. The minimum atomic E-state index is -0.115. The second-order valence-corrected chi connectivity index (χ2v) is 11.0. The van der Waals surface area contributed by atoms with Crippen LogP contribution in [0.25, 0.3) is 11.2 Å². The molecule has 11 nitrogen and oxygen atoms in total. The molecule has 4 heterocycles. The summed E-state index contributed by atoms with van der Waals surface area (Å²) >= 11 is 0. The molecule has 4 aromatic rings. The topological polar surface area (TPSA) is 132 Å². The van der Waals surface area contributed by atoms with Gasteiger partial charge in [0.25, 0.3) is 0 Å². The van der Waals surface area contributed by atoms with Crippen LogP contribution in [0.4, 0.5) is 17.6 Å². The van der Waals surface area contributed by atoms with Gasteiger partial charge in [-0.1, -0.05) is 27.7 Å². The number of imidazole rings is 1. The largest absolute Gasteiger partial charge is 0.455 e. The lowest BCUT2D eigenvalue weighted by Crippen LogP contribution is -2.21. The number of hydrogen-bond acceptors (Lipinski definition) is 8. The number of ether oxygens (including phenoxy) is 1. The molecule has 0 aromatic carbocycles. The van der Waals surface area contributed by atoms with Gasteiger partial charge in [0.1, 0.15) is 17.3 Å². The lowest BCUT2D eigenvalue weighted by atomic mass is 9.92. The van der Waals surface area contributed by atoms with Crippen molar-refractivity contribution in [1.29, 1.82) is 0 Å². The molecular formula is C27H34N8O3. The summed E-state index contributed by atoms with van der Waals surface area (Å²) in [5.74, 6) is 3.00. The number of fused-ring (bicyclic) bond motifs is 1. The van der Waals surface area contributed by atoms with Crippen LogP contribution in [-0.2, 0) is 23.8 Å². The van der Waals surface area contributed by atoms with Crippen LogP contribution in [0.1, 0.15) is 46.2 Å². The SMILES string of the molecule is CC(CO)Cn1nc(Nc2nc3ncc(Oc4ccnc(NC(=O)C5CC5)c4)cc3n2C)cc1C(C)(C)C. The van der Waals surface area contributed by atoms with Gasteiger partial charge in [-0.05, 0) is 24.8 Å². The van der Waals surface area contributed by atoms with Gasteiger partial charge in [-0.2, -0.15) is 10.1 Å². The van der Waals surface area contributed by atoms with Crippen molar-refractivity contribution in [1.82, 2.24) is 29.3 Å². The number of hydrogen-bond donors (Lipinski definition) is 3. The van der Waals surface area contributed by atoms with E-state index in [2.05, 4.69) is 46.4 Å². The number of aromatic nitrogens is 6. The Labute approximate surface area is 221 Å². The molecule has 1 aliphatic rings. The Balaban J connectivity index is 1.35. The number of rotatable bonds is 9. The number of aliphatic hydroxyl groups is 1. The number of pyridine rings is 2. The van der Waals surface area contributed by atoms with Crippen molar-refractivity contribution >= 4 is 34.7 Å². The van der Waals surface area contributed by atoms with Crippen molar-refractivity contribution in [3.8, 4) is 11.5 Å². The molecule has 0 saturated heterocycles. The summed E-state index contributed by atoms with van der Waals surface area (Å²) in [5.41, 5.74) is 2.30. The van der Waals surface area contributed by atoms with Crippen LogP contribution in [0.5, 0.6) is 11.5 Å². The van der Waals surface area contributed by atoms with E-state index >= 15 is 0 Å². The zero-order chi connectivity index (χ0) is 27.0. The average molecular weight is 519 g/mol. The minimum Gasteiger partial charge on any atom is -0.455 e. The highest BCUT2D eigenvalue weighted by molar-refractivity contribution is 5.93. The zero-order valence-corrected chi connectivity index (χ0v) is 22.4. The Morgan fingerprint density at radius 1 is 1.18 bits per heavy atom. The fourth-order valence-corrected chi connectivity index (χ4v) is 4.16. The summed E-state index contributed by atoms with van der Waals surface area (Å²) in [6.07, 6.45) is 5.07. The molecule has 1 unspecified atom stereocenters. The maximum absolute atomic E-state index is 12.1. The molecule has 0 radical (unpaired) electrons. The van der Waals surface area contributed by atoms with Crippen molar-refractivity contribution in [2.45, 2.75) is 52.5 Å². The second kappa shape index (κ2) is 10.1. The van der Waals surface area contributed by atoms with E-state index in [1.54, 1.807) is 24.5 Å². The third kappa shape index (κ3) is 5.62. The third-order valence-corrected chi connectivity index (χ3v) is 6.46. The third-order valence-electron chi connectivity index (χ3n) is 6.46. The Hall–Kier alpha value is -3.99. The number of nitrogens with one attached hydrogen (secondary N) is 2. The van der Waals surface area contributed by atoms with Crippen LogP contribution >= 0.6 is 0 Å². The lowest BCUT2D eigenvalue weighted by molar-refractivity contribution is -0.117. The summed E-state index contributed by atoms with van der Waals surface area (Å²) in [7, 11) is 1.90. The molecular weight excluding hydrogens is 484 g/mol. The number of amides is 1. The Morgan fingerprint density at radius 3 is 2.68 bits per heavy atom. The van der Waals surface area contributed by atoms with Gasteiger partial charge in [-0.25, -0.2) is 9.97 Å². The zero-order valence-electron chi connectivity index (χ0n) is 22.4. The van der Waals surface area contributed by atoms with E-state index in [4.69, 9.17) is 9.84 Å². The van der Waals surface area contributed by atoms with Gasteiger partial charge >= 0.3 is 0 Å². The molecule has 38 heavy (non-hydrogen) atoms. The normalized spacial score (nSPS) is 14.5. The molecule has 1 saturated carbocycles. The molecule has 5 rings (SSSR count). The summed E-state index contributed by atoms with van der Waals surface area (Å²) in [4.78, 5) is 25.4. The second-order valence-electron chi connectivity index (χ2n) is 11.0. The monoisotopic (exact) mass is 518 g/mol. The number of nitrogens with zero attached hydrogens (tertiary/aromatic N) is 6. The van der Waals surface area contributed by atoms with E-state index in [9.17, 15) is 9.90 Å². The van der Waals surface area contributed by atoms with Crippen molar-refractivity contribution in [3.05, 3.63) is 42.4 Å². The van der Waals surface area contributed by atoms with Gasteiger partial charge in [0.15, 0.2) is 11.5 Å². The number of carbonyl (C=O) groups is 1. The number of carbonyl (C=O) groups excluding carboxylic acids is 1. The van der Waals surface area contributed by atoms with Crippen molar-refractivity contribution in [3.63, 3.8) is 0 Å². The van der Waals surface area contributed by atoms with Gasteiger partial charge < -0.3 is 25.0 Å². The molecule has 11 heteroatoms. The quantitative estimate of drug-likeness (QED) is 0.298. The molecule has 1 aliphatic carbocycles. The first kappa shape index (κ1) is 25.7. The lowest BCUT2D eigenvalue weighted by Gasteiger charge is -2.21. The minimum absolute atomic E-state index is 0.00462. The smallest absolute Gasteiger partial charge is 0.228 e. The first-order chi connectivity index (χ1) is 18.1. The first-order valence-corrected chi connectivity index (χ1v) is 12.8. The summed E-state index contributed by atoms with van der Waals surface area (Å²) in [6.45, 7) is 9.14. The fourth-order valence-electron chi connectivity index (χ4n) is 4.16. The predicted molar refractivity (Wildman–Crippen MR) is 145 cm³/mol. The van der Waals surface area contributed by atoms with Crippen LogP contribution in [0.3, 0.4) is 0 Å². The van der Waals surface area contributed by atoms with Crippen LogP contribution in [0.15, 0.2) is 36.7 Å². The molecule has 0 aliphatic heterocycles. The maximum Gasteiger partial charge on any atom is 0.228 e. The van der Waals surface area contributed by atoms with Crippen LogP contribution in [0.2, 0.25) is 0 Å². The Kier molecular flexibility index (Phi) is 6.78. The molecule has 200 valence electrons. The molecule has 1 amide bonds. The van der Waals surface area contributed by atoms with Gasteiger partial charge in [0.2, 0.25) is 11.9 Å². The van der Waals surface area contributed by atoms with E-state index < -0.39 is 0 Å². The van der Waals surface area contributed by atoms with Crippen LogP contribution in [0, 0.1) is 11.8 Å².